The second-order valence-electron chi connectivity index (χ2n) is 5.33. The predicted molar refractivity (Wildman–Crippen MR) is 78.2 cm³/mol. The molecule has 4 heteroatoms. The van der Waals surface area contributed by atoms with Gasteiger partial charge in [-0.1, -0.05) is 12.1 Å². The van der Waals surface area contributed by atoms with Crippen molar-refractivity contribution in [3.05, 3.63) is 30.1 Å². The van der Waals surface area contributed by atoms with Gasteiger partial charge in [0, 0.05) is 32.2 Å². The van der Waals surface area contributed by atoms with Gasteiger partial charge in [0.2, 0.25) is 0 Å². The highest BCUT2D eigenvalue weighted by Crippen LogP contribution is 2.20. The van der Waals surface area contributed by atoms with Gasteiger partial charge < -0.3 is 15.0 Å². The van der Waals surface area contributed by atoms with Crippen LogP contribution in [0.15, 0.2) is 24.3 Å². The smallest absolute Gasteiger partial charge is 0.111 e. The van der Waals surface area contributed by atoms with E-state index < -0.39 is 0 Å². The molecule has 2 rings (SSSR count). The molecule has 0 saturated carbocycles. The second-order valence-corrected chi connectivity index (χ2v) is 5.33. The van der Waals surface area contributed by atoms with Crippen molar-refractivity contribution in [2.24, 2.45) is 5.73 Å². The number of hydrogen-bond donors (Lipinski definition) is 1. The van der Waals surface area contributed by atoms with E-state index in [2.05, 4.69) is 24.5 Å². The quantitative estimate of drug-likeness (QED) is 0.868. The number of nitrogens with zero attached hydrogens (tertiary/aromatic N) is 2. The highest BCUT2D eigenvalue weighted by atomic mass is 16.5. The Morgan fingerprint density at radius 3 is 2.79 bits per heavy atom. The number of para-hydroxylation sites is 2. The molecule has 0 saturated heterocycles. The second kappa shape index (κ2) is 5.72. The van der Waals surface area contributed by atoms with Gasteiger partial charge in [-0.3, -0.25) is 0 Å². The lowest BCUT2D eigenvalue weighted by Crippen LogP contribution is -2.40. The number of ether oxygens (including phenoxy) is 1. The van der Waals surface area contributed by atoms with Gasteiger partial charge in [-0.05, 0) is 32.4 Å². The lowest BCUT2D eigenvalue weighted by Gasteiger charge is -2.24. The molecule has 2 N–H and O–H groups in total. The van der Waals surface area contributed by atoms with Gasteiger partial charge >= 0.3 is 0 Å². The monoisotopic (exact) mass is 261 g/mol. The zero-order valence-electron chi connectivity index (χ0n) is 12.0. The fraction of sp³-hybridized carbons (Fsp3) is 0.533. The maximum absolute atomic E-state index is 6.35. The molecule has 1 atom stereocenters. The van der Waals surface area contributed by atoms with Gasteiger partial charge in [0.15, 0.2) is 0 Å². The van der Waals surface area contributed by atoms with E-state index >= 15 is 0 Å². The molecule has 1 unspecified atom stereocenters. The molecule has 2 aromatic rings. The first-order chi connectivity index (χ1) is 9.07. The summed E-state index contributed by atoms with van der Waals surface area (Å²) in [6, 6.07) is 8.23. The predicted octanol–water partition coefficient (Wildman–Crippen LogP) is 2.35. The summed E-state index contributed by atoms with van der Waals surface area (Å²) in [5.41, 5.74) is 8.29. The number of nitrogens with two attached hydrogens (primary N) is 1. The standard InChI is InChI=1S/C15H23N3O/c1-4-18-13-8-6-5-7-12(13)17-14(18)11-15(2,16)9-10-19-3/h5-8H,4,9-11,16H2,1-3H3. The summed E-state index contributed by atoms with van der Waals surface area (Å²) in [7, 11) is 1.71. The molecule has 104 valence electrons. The molecular formula is C15H23N3O. The van der Waals surface area contributed by atoms with E-state index in [1.54, 1.807) is 7.11 Å². The van der Waals surface area contributed by atoms with Crippen LogP contribution in [-0.2, 0) is 17.7 Å². The number of aromatic nitrogens is 2. The van der Waals surface area contributed by atoms with E-state index in [0.29, 0.717) is 6.61 Å². The fourth-order valence-corrected chi connectivity index (χ4v) is 2.40. The maximum Gasteiger partial charge on any atom is 0.111 e. The molecule has 0 aliphatic carbocycles. The van der Waals surface area contributed by atoms with Crippen LogP contribution in [0.5, 0.6) is 0 Å². The van der Waals surface area contributed by atoms with Gasteiger partial charge in [-0.15, -0.1) is 0 Å². The van der Waals surface area contributed by atoms with Crippen LogP contribution in [0.2, 0.25) is 0 Å². The van der Waals surface area contributed by atoms with Crippen LogP contribution in [0.3, 0.4) is 0 Å². The zero-order chi connectivity index (χ0) is 13.9. The molecule has 1 aromatic heterocycles. The first-order valence-electron chi connectivity index (χ1n) is 6.79. The van der Waals surface area contributed by atoms with Crippen molar-refractivity contribution in [3.63, 3.8) is 0 Å². The third kappa shape index (κ3) is 3.14. The zero-order valence-corrected chi connectivity index (χ0v) is 12.0. The number of fused-ring (bicyclic) bond motifs is 1. The van der Waals surface area contributed by atoms with Gasteiger partial charge in [0.1, 0.15) is 5.82 Å². The van der Waals surface area contributed by atoms with Crippen molar-refractivity contribution in [2.75, 3.05) is 13.7 Å². The molecular weight excluding hydrogens is 238 g/mol. The molecule has 0 spiro atoms. The molecule has 1 aromatic carbocycles. The van der Waals surface area contributed by atoms with Crippen molar-refractivity contribution >= 4 is 11.0 Å². The third-order valence-electron chi connectivity index (χ3n) is 3.49. The highest BCUT2D eigenvalue weighted by Gasteiger charge is 2.22. The summed E-state index contributed by atoms with van der Waals surface area (Å²) in [4.78, 5) is 4.72. The van der Waals surface area contributed by atoms with Crippen LogP contribution in [0.4, 0.5) is 0 Å². The van der Waals surface area contributed by atoms with Crippen LogP contribution >= 0.6 is 0 Å². The lowest BCUT2D eigenvalue weighted by molar-refractivity contribution is 0.171. The molecule has 0 bridgehead atoms. The van der Waals surface area contributed by atoms with E-state index in [1.165, 1.54) is 5.52 Å². The number of benzene rings is 1. The minimum absolute atomic E-state index is 0.287. The Balaban J connectivity index is 2.29. The van der Waals surface area contributed by atoms with Crippen LogP contribution in [0.1, 0.15) is 26.1 Å². The Labute approximate surface area is 114 Å². The van der Waals surface area contributed by atoms with Crippen molar-refractivity contribution in [2.45, 2.75) is 38.8 Å². The summed E-state index contributed by atoms with van der Waals surface area (Å²) in [6.07, 6.45) is 1.59. The Morgan fingerprint density at radius 1 is 1.37 bits per heavy atom. The van der Waals surface area contributed by atoms with Crippen LogP contribution in [-0.4, -0.2) is 28.8 Å². The van der Waals surface area contributed by atoms with Crippen molar-refractivity contribution < 1.29 is 4.74 Å². The minimum Gasteiger partial charge on any atom is -0.385 e. The van der Waals surface area contributed by atoms with Crippen molar-refractivity contribution in [3.8, 4) is 0 Å². The lowest BCUT2D eigenvalue weighted by atomic mass is 9.95. The van der Waals surface area contributed by atoms with Gasteiger partial charge in [-0.2, -0.15) is 0 Å². The normalized spacial score (nSPS) is 14.7. The van der Waals surface area contributed by atoms with E-state index in [-0.39, 0.29) is 5.54 Å². The number of rotatable bonds is 6. The molecule has 0 fully saturated rings. The highest BCUT2D eigenvalue weighted by molar-refractivity contribution is 5.75. The fourth-order valence-electron chi connectivity index (χ4n) is 2.40. The molecule has 0 amide bonds. The number of imidazole rings is 1. The summed E-state index contributed by atoms with van der Waals surface area (Å²) >= 11 is 0. The first kappa shape index (κ1) is 14.0. The SMILES string of the molecule is CCn1c(CC(C)(N)CCOC)nc2ccccc21. The van der Waals surface area contributed by atoms with Crippen molar-refractivity contribution in [1.82, 2.24) is 9.55 Å². The van der Waals surface area contributed by atoms with Gasteiger partial charge in [0.05, 0.1) is 11.0 Å². The van der Waals surface area contributed by atoms with Crippen LogP contribution < -0.4 is 5.73 Å². The van der Waals surface area contributed by atoms with Gasteiger partial charge in [-0.25, -0.2) is 4.98 Å². The molecule has 0 radical (unpaired) electrons. The number of aryl methyl sites for hydroxylation is 1. The maximum atomic E-state index is 6.35. The average molecular weight is 261 g/mol. The van der Waals surface area contributed by atoms with E-state index in [0.717, 1.165) is 30.7 Å². The topological polar surface area (TPSA) is 53.1 Å². The third-order valence-corrected chi connectivity index (χ3v) is 3.49. The van der Waals surface area contributed by atoms with Crippen LogP contribution in [0, 0.1) is 0 Å². The Morgan fingerprint density at radius 2 is 2.11 bits per heavy atom. The molecule has 19 heavy (non-hydrogen) atoms. The summed E-state index contributed by atoms with van der Waals surface area (Å²) in [6.45, 7) is 5.79. The van der Waals surface area contributed by atoms with E-state index in [9.17, 15) is 0 Å². The molecule has 4 nitrogen and oxygen atoms in total. The Hall–Kier alpha value is -1.39. The largest absolute Gasteiger partial charge is 0.385 e. The minimum atomic E-state index is -0.287. The molecule has 0 aliphatic rings. The average Bonchev–Trinajstić information content (AvgIpc) is 2.72. The summed E-state index contributed by atoms with van der Waals surface area (Å²) in [5.74, 6) is 1.06. The van der Waals surface area contributed by atoms with E-state index in [1.807, 2.05) is 18.2 Å². The van der Waals surface area contributed by atoms with E-state index in [4.69, 9.17) is 15.5 Å². The van der Waals surface area contributed by atoms with Crippen LogP contribution in [0.25, 0.3) is 11.0 Å². The number of methoxy groups -OCH3 is 1. The van der Waals surface area contributed by atoms with Crippen molar-refractivity contribution in [1.29, 1.82) is 0 Å². The summed E-state index contributed by atoms with van der Waals surface area (Å²) < 4.78 is 7.37. The Kier molecular flexibility index (Phi) is 4.22. The number of hydrogen-bond acceptors (Lipinski definition) is 3. The summed E-state index contributed by atoms with van der Waals surface area (Å²) in [5, 5.41) is 0. The first-order valence-corrected chi connectivity index (χ1v) is 6.79. The molecule has 0 aliphatic heterocycles. The van der Waals surface area contributed by atoms with Gasteiger partial charge in [0.25, 0.3) is 0 Å². The molecule has 1 heterocycles. The Bertz CT molecular complexity index is 545.